The molecule has 0 aliphatic carbocycles. The SMILES string of the molecule is CCCCCCCCCCN1CCc2c(C)c(C(=O)O)c(C)c(NC(=O)C(C)(C)C)c21. The van der Waals surface area contributed by atoms with E-state index in [0.29, 0.717) is 16.8 Å². The fourth-order valence-corrected chi connectivity index (χ4v) is 4.51. The van der Waals surface area contributed by atoms with Crippen molar-refractivity contribution in [2.45, 2.75) is 99.3 Å². The summed E-state index contributed by atoms with van der Waals surface area (Å²) in [6.07, 6.45) is 11.0. The number of unbranched alkanes of at least 4 members (excludes halogenated alkanes) is 7. The second-order valence-corrected chi connectivity index (χ2v) is 10.0. The second kappa shape index (κ2) is 11.0. The van der Waals surface area contributed by atoms with E-state index in [1.807, 2.05) is 34.6 Å². The molecule has 1 aromatic carbocycles. The second-order valence-electron chi connectivity index (χ2n) is 10.0. The predicted octanol–water partition coefficient (Wildman–Crippen LogP) is 6.49. The van der Waals surface area contributed by atoms with Gasteiger partial charge in [-0.25, -0.2) is 4.79 Å². The number of aromatic carboxylic acids is 1. The molecule has 0 aromatic heterocycles. The standard InChI is InChI=1S/C26H42N2O3/c1-7-8-9-10-11-12-13-14-16-28-17-15-20-18(2)21(24(29)30)19(3)22(23(20)28)27-25(31)26(4,5)6/h7-17H2,1-6H3,(H,27,31)(H,29,30). The van der Waals surface area contributed by atoms with Crippen molar-refractivity contribution in [3.63, 3.8) is 0 Å². The lowest BCUT2D eigenvalue weighted by Gasteiger charge is -2.27. The van der Waals surface area contributed by atoms with Crippen LogP contribution in [0.25, 0.3) is 0 Å². The maximum absolute atomic E-state index is 12.8. The van der Waals surface area contributed by atoms with Gasteiger partial charge in [0.1, 0.15) is 0 Å². The number of anilines is 2. The van der Waals surface area contributed by atoms with Gasteiger partial charge in [0.05, 0.1) is 16.9 Å². The van der Waals surface area contributed by atoms with E-state index in [0.717, 1.165) is 42.7 Å². The minimum absolute atomic E-state index is 0.0862. The number of nitrogens with one attached hydrogen (secondary N) is 1. The van der Waals surface area contributed by atoms with E-state index < -0.39 is 11.4 Å². The van der Waals surface area contributed by atoms with Gasteiger partial charge in [0.2, 0.25) is 5.91 Å². The summed E-state index contributed by atoms with van der Waals surface area (Å²) in [4.78, 5) is 27.1. The van der Waals surface area contributed by atoms with Gasteiger partial charge in [0, 0.05) is 18.5 Å². The Morgan fingerprint density at radius 2 is 1.55 bits per heavy atom. The van der Waals surface area contributed by atoms with E-state index in [4.69, 9.17) is 0 Å². The van der Waals surface area contributed by atoms with Crippen LogP contribution in [0.1, 0.15) is 106 Å². The molecule has 5 heteroatoms. The van der Waals surface area contributed by atoms with Gasteiger partial charge >= 0.3 is 5.97 Å². The summed E-state index contributed by atoms with van der Waals surface area (Å²) in [7, 11) is 0. The normalized spacial score (nSPS) is 13.4. The third kappa shape index (κ3) is 6.24. The Bertz CT molecular complexity index is 793. The lowest BCUT2D eigenvalue weighted by molar-refractivity contribution is -0.123. The smallest absolute Gasteiger partial charge is 0.336 e. The molecule has 1 aromatic rings. The van der Waals surface area contributed by atoms with Crippen LogP contribution >= 0.6 is 0 Å². The molecule has 0 bridgehead atoms. The first-order chi connectivity index (χ1) is 14.6. The van der Waals surface area contributed by atoms with E-state index in [1.54, 1.807) is 0 Å². The van der Waals surface area contributed by atoms with E-state index in [2.05, 4.69) is 17.1 Å². The maximum Gasteiger partial charge on any atom is 0.336 e. The summed E-state index contributed by atoms with van der Waals surface area (Å²) in [6, 6.07) is 0. The van der Waals surface area contributed by atoms with Gasteiger partial charge in [-0.3, -0.25) is 4.79 Å². The Hall–Kier alpha value is -2.04. The van der Waals surface area contributed by atoms with Crippen LogP contribution in [0.3, 0.4) is 0 Å². The molecule has 0 fully saturated rings. The van der Waals surface area contributed by atoms with Crippen molar-refractivity contribution in [1.82, 2.24) is 0 Å². The molecule has 2 rings (SSSR count). The number of carbonyl (C=O) groups excluding carboxylic acids is 1. The molecule has 1 heterocycles. The van der Waals surface area contributed by atoms with E-state index in [9.17, 15) is 14.7 Å². The Morgan fingerprint density at radius 1 is 0.968 bits per heavy atom. The largest absolute Gasteiger partial charge is 0.478 e. The molecular weight excluding hydrogens is 388 g/mol. The van der Waals surface area contributed by atoms with Gasteiger partial charge in [-0.05, 0) is 43.4 Å². The molecular formula is C26H42N2O3. The van der Waals surface area contributed by atoms with Gasteiger partial charge < -0.3 is 15.3 Å². The highest BCUT2D eigenvalue weighted by Gasteiger charge is 2.32. The molecule has 0 atom stereocenters. The molecule has 0 saturated carbocycles. The van der Waals surface area contributed by atoms with Gasteiger partial charge in [-0.15, -0.1) is 0 Å². The molecule has 1 aliphatic heterocycles. The molecule has 0 radical (unpaired) electrons. The van der Waals surface area contributed by atoms with E-state index in [1.165, 1.54) is 44.9 Å². The third-order valence-electron chi connectivity index (χ3n) is 6.46. The Balaban J connectivity index is 2.19. The summed E-state index contributed by atoms with van der Waals surface area (Å²) in [6.45, 7) is 13.4. The fourth-order valence-electron chi connectivity index (χ4n) is 4.51. The average Bonchev–Trinajstić information content (AvgIpc) is 3.10. The van der Waals surface area contributed by atoms with Crippen LogP contribution in [0, 0.1) is 19.3 Å². The van der Waals surface area contributed by atoms with Gasteiger partial charge in [0.25, 0.3) is 0 Å². The number of rotatable bonds is 11. The highest BCUT2D eigenvalue weighted by Crippen LogP contribution is 2.43. The van der Waals surface area contributed by atoms with Crippen molar-refractivity contribution in [3.05, 3.63) is 22.3 Å². The highest BCUT2D eigenvalue weighted by molar-refractivity contribution is 6.03. The zero-order valence-corrected chi connectivity index (χ0v) is 20.5. The van der Waals surface area contributed by atoms with Crippen LogP contribution in [0.15, 0.2) is 0 Å². The van der Waals surface area contributed by atoms with Gasteiger partial charge in [0.15, 0.2) is 0 Å². The first-order valence-electron chi connectivity index (χ1n) is 12.0. The lowest BCUT2D eigenvalue weighted by atomic mass is 9.91. The average molecular weight is 431 g/mol. The van der Waals surface area contributed by atoms with Crippen LogP contribution in [0.4, 0.5) is 11.4 Å². The van der Waals surface area contributed by atoms with Crippen LogP contribution in [0.2, 0.25) is 0 Å². The molecule has 1 amide bonds. The number of amides is 1. The van der Waals surface area contributed by atoms with Crippen molar-refractivity contribution < 1.29 is 14.7 Å². The molecule has 0 unspecified atom stereocenters. The topological polar surface area (TPSA) is 69.6 Å². The molecule has 1 aliphatic rings. The zero-order valence-electron chi connectivity index (χ0n) is 20.5. The lowest BCUT2D eigenvalue weighted by Crippen LogP contribution is -2.30. The molecule has 174 valence electrons. The van der Waals surface area contributed by atoms with Gasteiger partial charge in [-0.1, -0.05) is 72.6 Å². The van der Waals surface area contributed by atoms with Crippen molar-refractivity contribution in [2.24, 2.45) is 5.41 Å². The monoisotopic (exact) mass is 430 g/mol. The molecule has 0 saturated heterocycles. The number of hydrogen-bond donors (Lipinski definition) is 2. The van der Waals surface area contributed by atoms with Crippen LogP contribution < -0.4 is 10.2 Å². The summed E-state index contributed by atoms with van der Waals surface area (Å²) in [5.74, 6) is -1.01. The third-order valence-corrected chi connectivity index (χ3v) is 6.46. The highest BCUT2D eigenvalue weighted by atomic mass is 16.4. The number of nitrogens with zero attached hydrogens (tertiary/aromatic N) is 1. The minimum Gasteiger partial charge on any atom is -0.478 e. The Kier molecular flexibility index (Phi) is 8.96. The van der Waals surface area contributed by atoms with Crippen molar-refractivity contribution in [3.8, 4) is 0 Å². The maximum atomic E-state index is 12.8. The van der Waals surface area contributed by atoms with Crippen LogP contribution in [-0.4, -0.2) is 30.1 Å². The number of hydrogen-bond acceptors (Lipinski definition) is 3. The number of carboxylic acids is 1. The fraction of sp³-hybridized carbons (Fsp3) is 0.692. The van der Waals surface area contributed by atoms with E-state index >= 15 is 0 Å². The number of carboxylic acid groups (broad SMARTS) is 1. The van der Waals surface area contributed by atoms with Crippen molar-refractivity contribution in [1.29, 1.82) is 0 Å². The van der Waals surface area contributed by atoms with E-state index in [-0.39, 0.29) is 5.91 Å². The van der Waals surface area contributed by atoms with Crippen LogP contribution in [-0.2, 0) is 11.2 Å². The van der Waals surface area contributed by atoms with Crippen LogP contribution in [0.5, 0.6) is 0 Å². The zero-order chi connectivity index (χ0) is 23.2. The first kappa shape index (κ1) is 25.2. The minimum atomic E-state index is -0.925. The van der Waals surface area contributed by atoms with Gasteiger partial charge in [-0.2, -0.15) is 0 Å². The number of fused-ring (bicyclic) bond motifs is 1. The number of benzene rings is 1. The van der Waals surface area contributed by atoms with Crippen molar-refractivity contribution >= 4 is 23.3 Å². The summed E-state index contributed by atoms with van der Waals surface area (Å²) < 4.78 is 0. The molecule has 0 spiro atoms. The predicted molar refractivity (Wildman–Crippen MR) is 129 cm³/mol. The van der Waals surface area contributed by atoms with Crippen molar-refractivity contribution in [2.75, 3.05) is 23.3 Å². The molecule has 5 nitrogen and oxygen atoms in total. The Morgan fingerprint density at radius 3 is 2.10 bits per heavy atom. The summed E-state index contributed by atoms with van der Waals surface area (Å²) >= 11 is 0. The quantitative estimate of drug-likeness (QED) is 0.394. The summed E-state index contributed by atoms with van der Waals surface area (Å²) in [5, 5.41) is 12.9. The Labute approximate surface area is 188 Å². The number of carbonyl (C=O) groups is 2. The molecule has 31 heavy (non-hydrogen) atoms. The summed E-state index contributed by atoms with van der Waals surface area (Å²) in [5.41, 5.74) is 4.09. The first-order valence-corrected chi connectivity index (χ1v) is 12.0. The molecule has 2 N–H and O–H groups in total.